The second-order valence-corrected chi connectivity index (χ2v) is 8.59. The van der Waals surface area contributed by atoms with Crippen LogP contribution >= 0.6 is 11.3 Å². The highest BCUT2D eigenvalue weighted by atomic mass is 32.1. The summed E-state index contributed by atoms with van der Waals surface area (Å²) in [5.41, 5.74) is 11.4. The Hall–Kier alpha value is -1.23. The smallest absolute Gasteiger partial charge is 0.0934 e. The number of aromatic nitrogens is 1. The molecular weight excluding hydrogens is 316 g/mol. The summed E-state index contributed by atoms with van der Waals surface area (Å²) in [6.45, 7) is 2.31. The molecule has 2 aliphatic carbocycles. The van der Waals surface area contributed by atoms with Crippen LogP contribution in [0.1, 0.15) is 60.4 Å². The zero-order chi connectivity index (χ0) is 16.7. The number of thiazole rings is 1. The summed E-state index contributed by atoms with van der Waals surface area (Å²) >= 11 is 1.88. The molecule has 1 heterocycles. The van der Waals surface area contributed by atoms with E-state index in [9.17, 15) is 5.11 Å². The van der Waals surface area contributed by atoms with Crippen molar-refractivity contribution in [1.82, 2.24) is 4.98 Å². The molecular formula is C20H26N2OS. The number of aliphatic hydroxyl groups excluding tert-OH is 1. The van der Waals surface area contributed by atoms with Gasteiger partial charge in [0, 0.05) is 5.54 Å². The van der Waals surface area contributed by atoms with Gasteiger partial charge < -0.3 is 10.8 Å². The molecule has 2 atom stereocenters. The van der Waals surface area contributed by atoms with E-state index in [4.69, 9.17) is 10.7 Å². The van der Waals surface area contributed by atoms with Crippen LogP contribution in [0.2, 0.25) is 0 Å². The van der Waals surface area contributed by atoms with Gasteiger partial charge in [-0.1, -0.05) is 25.1 Å². The monoisotopic (exact) mass is 342 g/mol. The molecule has 3 nitrogen and oxygen atoms in total. The van der Waals surface area contributed by atoms with Crippen LogP contribution in [0.25, 0.3) is 10.4 Å². The minimum absolute atomic E-state index is 0.0961. The molecule has 2 aromatic rings. The molecule has 2 aliphatic rings. The van der Waals surface area contributed by atoms with Gasteiger partial charge in [0.1, 0.15) is 0 Å². The van der Waals surface area contributed by atoms with Gasteiger partial charge in [0.2, 0.25) is 0 Å². The molecule has 0 spiro atoms. The van der Waals surface area contributed by atoms with E-state index in [1.54, 1.807) is 0 Å². The molecule has 1 fully saturated rings. The van der Waals surface area contributed by atoms with Gasteiger partial charge in [-0.05, 0) is 67.6 Å². The number of fused-ring (bicyclic) bond motifs is 3. The average molecular weight is 343 g/mol. The first-order chi connectivity index (χ1) is 11.6. The number of nitrogens with two attached hydrogens (primary N) is 1. The van der Waals surface area contributed by atoms with Gasteiger partial charge in [-0.15, -0.1) is 11.3 Å². The summed E-state index contributed by atoms with van der Waals surface area (Å²) in [5, 5.41) is 10.8. The third-order valence-electron chi connectivity index (χ3n) is 5.64. The molecule has 1 aromatic carbocycles. The van der Waals surface area contributed by atoms with E-state index in [0.29, 0.717) is 5.92 Å². The van der Waals surface area contributed by atoms with Crippen molar-refractivity contribution in [2.75, 3.05) is 6.61 Å². The van der Waals surface area contributed by atoms with Crippen molar-refractivity contribution in [3.63, 3.8) is 0 Å². The Morgan fingerprint density at radius 3 is 3.00 bits per heavy atom. The lowest BCUT2D eigenvalue weighted by atomic mass is 9.87. The molecule has 1 aromatic heterocycles. The van der Waals surface area contributed by atoms with Gasteiger partial charge in [-0.3, -0.25) is 0 Å². The van der Waals surface area contributed by atoms with Crippen LogP contribution in [0.4, 0.5) is 0 Å². The fourth-order valence-corrected chi connectivity index (χ4v) is 5.51. The van der Waals surface area contributed by atoms with Gasteiger partial charge in [0.15, 0.2) is 0 Å². The number of benzene rings is 1. The highest BCUT2D eigenvalue weighted by molar-refractivity contribution is 7.15. The quantitative estimate of drug-likeness (QED) is 0.888. The first-order valence-electron chi connectivity index (χ1n) is 9.13. The Morgan fingerprint density at radius 1 is 1.38 bits per heavy atom. The van der Waals surface area contributed by atoms with Crippen LogP contribution in [0.15, 0.2) is 18.2 Å². The van der Waals surface area contributed by atoms with Crippen LogP contribution in [-0.2, 0) is 19.3 Å². The van der Waals surface area contributed by atoms with Crippen molar-refractivity contribution in [1.29, 1.82) is 0 Å². The van der Waals surface area contributed by atoms with Crippen LogP contribution in [0.5, 0.6) is 0 Å². The molecule has 0 saturated heterocycles. The molecule has 0 aliphatic heterocycles. The minimum atomic E-state index is -0.375. The molecule has 1 saturated carbocycles. The lowest BCUT2D eigenvalue weighted by Gasteiger charge is -2.22. The maximum absolute atomic E-state index is 9.51. The van der Waals surface area contributed by atoms with E-state index in [0.717, 1.165) is 44.9 Å². The van der Waals surface area contributed by atoms with Crippen molar-refractivity contribution in [3.05, 3.63) is 40.0 Å². The molecule has 0 radical (unpaired) electrons. The normalized spacial score (nSPS) is 25.5. The Morgan fingerprint density at radius 2 is 2.25 bits per heavy atom. The molecule has 3 N–H and O–H groups in total. The standard InChI is InChI=1S/C20H26N2OS/c1-2-3-18-22-17-7-5-14-10-13(4-6-16(14)19(17)24-18)15-8-9-20(21,11-15)12-23/h4,6,10,15,23H,2-3,5,7-9,11-12,21H2,1H3/t15-,20+/m0/s1. The van der Waals surface area contributed by atoms with Gasteiger partial charge in [-0.25, -0.2) is 4.98 Å². The summed E-state index contributed by atoms with van der Waals surface area (Å²) in [7, 11) is 0. The molecule has 0 amide bonds. The first-order valence-corrected chi connectivity index (χ1v) is 9.95. The average Bonchev–Trinajstić information content (AvgIpc) is 3.19. The summed E-state index contributed by atoms with van der Waals surface area (Å²) in [6, 6.07) is 6.97. The summed E-state index contributed by atoms with van der Waals surface area (Å²) in [4.78, 5) is 6.23. The Labute approximate surface area is 147 Å². The Balaban J connectivity index is 1.63. The first kappa shape index (κ1) is 16.2. The number of hydrogen-bond donors (Lipinski definition) is 2. The Bertz CT molecular complexity index is 754. The van der Waals surface area contributed by atoms with E-state index < -0.39 is 0 Å². The van der Waals surface area contributed by atoms with E-state index >= 15 is 0 Å². The van der Waals surface area contributed by atoms with Crippen molar-refractivity contribution >= 4 is 11.3 Å². The number of nitrogens with zero attached hydrogens (tertiary/aromatic N) is 1. The molecule has 0 unspecified atom stereocenters. The highest BCUT2D eigenvalue weighted by Gasteiger charge is 2.36. The van der Waals surface area contributed by atoms with Crippen LogP contribution in [-0.4, -0.2) is 22.2 Å². The minimum Gasteiger partial charge on any atom is -0.394 e. The number of hydrogen-bond acceptors (Lipinski definition) is 4. The zero-order valence-corrected chi connectivity index (χ0v) is 15.2. The predicted octanol–water partition coefficient (Wildman–Crippen LogP) is 3.82. The molecule has 4 rings (SSSR count). The largest absolute Gasteiger partial charge is 0.394 e. The highest BCUT2D eigenvalue weighted by Crippen LogP contribution is 2.43. The van der Waals surface area contributed by atoms with Gasteiger partial charge in [0.05, 0.1) is 22.2 Å². The SMILES string of the molecule is CCCc1nc2c(s1)-c1ccc([C@H]3CC[C@](N)(CO)C3)cc1CC2. The third-order valence-corrected chi connectivity index (χ3v) is 6.83. The molecule has 128 valence electrons. The van der Waals surface area contributed by atoms with E-state index in [-0.39, 0.29) is 12.1 Å². The fourth-order valence-electron chi connectivity index (χ4n) is 4.24. The molecule has 4 heteroatoms. The fraction of sp³-hybridized carbons (Fsp3) is 0.550. The van der Waals surface area contributed by atoms with Gasteiger partial charge in [0.25, 0.3) is 0 Å². The van der Waals surface area contributed by atoms with Crippen molar-refractivity contribution in [3.8, 4) is 10.4 Å². The predicted molar refractivity (Wildman–Crippen MR) is 99.5 cm³/mol. The molecule has 24 heavy (non-hydrogen) atoms. The van der Waals surface area contributed by atoms with Crippen molar-refractivity contribution in [2.24, 2.45) is 5.73 Å². The van der Waals surface area contributed by atoms with Crippen LogP contribution in [0, 0.1) is 0 Å². The second kappa shape index (κ2) is 6.25. The summed E-state index contributed by atoms with van der Waals surface area (Å²) in [6.07, 6.45) is 7.31. The van der Waals surface area contributed by atoms with Gasteiger partial charge >= 0.3 is 0 Å². The lowest BCUT2D eigenvalue weighted by molar-refractivity contribution is 0.198. The van der Waals surface area contributed by atoms with Crippen LogP contribution in [0.3, 0.4) is 0 Å². The Kier molecular flexibility index (Phi) is 4.23. The van der Waals surface area contributed by atoms with Crippen LogP contribution < -0.4 is 5.73 Å². The summed E-state index contributed by atoms with van der Waals surface area (Å²) in [5.74, 6) is 0.492. The van der Waals surface area contributed by atoms with Crippen molar-refractivity contribution in [2.45, 2.75) is 63.3 Å². The topological polar surface area (TPSA) is 59.1 Å². The maximum Gasteiger partial charge on any atom is 0.0934 e. The van der Waals surface area contributed by atoms with E-state index in [1.165, 1.54) is 32.3 Å². The van der Waals surface area contributed by atoms with Gasteiger partial charge in [-0.2, -0.15) is 0 Å². The second-order valence-electron chi connectivity index (χ2n) is 7.51. The third kappa shape index (κ3) is 2.81. The number of rotatable bonds is 4. The number of aryl methyl sites for hydroxylation is 3. The van der Waals surface area contributed by atoms with E-state index in [2.05, 4.69) is 25.1 Å². The maximum atomic E-state index is 9.51. The molecule has 0 bridgehead atoms. The summed E-state index contributed by atoms with van der Waals surface area (Å²) < 4.78 is 0. The van der Waals surface area contributed by atoms with Crippen molar-refractivity contribution < 1.29 is 5.11 Å². The zero-order valence-electron chi connectivity index (χ0n) is 14.3. The van der Waals surface area contributed by atoms with E-state index in [1.807, 2.05) is 11.3 Å². The number of aliphatic hydroxyl groups is 1. The lowest BCUT2D eigenvalue weighted by Crippen LogP contribution is -2.40.